The van der Waals surface area contributed by atoms with Crippen molar-refractivity contribution in [2.75, 3.05) is 12.4 Å². The monoisotopic (exact) mass is 652 g/mol. The van der Waals surface area contributed by atoms with Crippen LogP contribution in [0.15, 0.2) is 54.6 Å². The van der Waals surface area contributed by atoms with Gasteiger partial charge in [-0.15, -0.1) is 0 Å². The van der Waals surface area contributed by atoms with Gasteiger partial charge < -0.3 is 15.0 Å². The molecule has 2 unspecified atom stereocenters. The highest BCUT2D eigenvalue weighted by atomic mass is 35.5. The first-order valence-electron chi connectivity index (χ1n) is 13.6. The van der Waals surface area contributed by atoms with Gasteiger partial charge in [0, 0.05) is 13.0 Å². The van der Waals surface area contributed by atoms with E-state index in [1.165, 1.54) is 0 Å². The number of hydrogen-bond acceptors (Lipinski definition) is 5. The third kappa shape index (κ3) is 8.52. The minimum Gasteiger partial charge on any atom is -0.483 e. The molecule has 0 spiro atoms. The van der Waals surface area contributed by atoms with Crippen LogP contribution >= 0.6 is 24.4 Å². The molecule has 7 nitrogen and oxygen atoms in total. The summed E-state index contributed by atoms with van der Waals surface area (Å²) in [5.74, 6) is -0.806. The molecule has 0 radical (unpaired) electrons. The molecular formula is C31H33ClF4N4O3S. The number of aromatic nitrogens is 2. The highest BCUT2D eigenvalue weighted by Crippen LogP contribution is 2.38. The van der Waals surface area contributed by atoms with E-state index in [-0.39, 0.29) is 29.9 Å². The molecule has 13 heteroatoms. The molecule has 3 N–H and O–H groups in total. The molecule has 4 aromatic rings. The van der Waals surface area contributed by atoms with Gasteiger partial charge in [-0.3, -0.25) is 14.3 Å². The maximum absolute atomic E-state index is 14.2. The SMILES string of the molecule is CNS.Cc1nc2cc(-c3ccc(C4CCCC(C(=O)Nc5ccc(C(F)(F)F)cc5F)C4)cc3)cc(Cl)c2n1C.O=CO. The van der Waals surface area contributed by atoms with Gasteiger partial charge in [0.25, 0.3) is 6.47 Å². The molecule has 236 valence electrons. The van der Waals surface area contributed by atoms with Crippen molar-refractivity contribution in [3.05, 3.63) is 82.4 Å². The number of aryl methyl sites for hydroxylation is 2. The second kappa shape index (κ2) is 15.4. The zero-order valence-electron chi connectivity index (χ0n) is 24.3. The van der Waals surface area contributed by atoms with Crippen LogP contribution in [0.1, 0.15) is 48.6 Å². The van der Waals surface area contributed by atoms with Crippen LogP contribution < -0.4 is 10.0 Å². The number of hydrogen-bond donors (Lipinski definition) is 4. The van der Waals surface area contributed by atoms with Crippen LogP contribution in [0.25, 0.3) is 22.2 Å². The van der Waals surface area contributed by atoms with E-state index in [2.05, 4.69) is 40.0 Å². The molecule has 2 atom stereocenters. The van der Waals surface area contributed by atoms with Crippen LogP contribution in [0, 0.1) is 18.7 Å². The number of nitrogens with zero attached hydrogens (tertiary/aromatic N) is 2. The van der Waals surface area contributed by atoms with Crippen molar-refractivity contribution in [3.8, 4) is 11.1 Å². The number of amides is 1. The quantitative estimate of drug-likeness (QED) is 0.102. The molecule has 1 amide bonds. The smallest absolute Gasteiger partial charge is 0.416 e. The van der Waals surface area contributed by atoms with E-state index in [9.17, 15) is 22.4 Å². The Kier molecular flexibility index (Phi) is 12.2. The molecule has 0 bridgehead atoms. The summed E-state index contributed by atoms with van der Waals surface area (Å²) in [6.07, 6.45) is -1.68. The van der Waals surface area contributed by atoms with Gasteiger partial charge in [0.15, 0.2) is 0 Å². The zero-order valence-corrected chi connectivity index (χ0v) is 25.9. The Labute approximate surface area is 263 Å². The molecule has 5 rings (SSSR count). The van der Waals surface area contributed by atoms with Crippen molar-refractivity contribution < 1.29 is 32.3 Å². The molecule has 1 aromatic heterocycles. The van der Waals surface area contributed by atoms with Crippen LogP contribution in [0.5, 0.6) is 0 Å². The predicted molar refractivity (Wildman–Crippen MR) is 167 cm³/mol. The van der Waals surface area contributed by atoms with E-state index in [1.54, 1.807) is 7.05 Å². The van der Waals surface area contributed by atoms with Gasteiger partial charge in [-0.25, -0.2) is 9.37 Å². The maximum Gasteiger partial charge on any atom is 0.416 e. The minimum absolute atomic E-state index is 0.149. The van der Waals surface area contributed by atoms with Gasteiger partial charge >= 0.3 is 6.18 Å². The minimum atomic E-state index is -4.65. The molecule has 0 aliphatic heterocycles. The number of fused-ring (bicyclic) bond motifs is 1. The Hall–Kier alpha value is -3.61. The van der Waals surface area contributed by atoms with Crippen molar-refractivity contribution in [1.82, 2.24) is 14.3 Å². The van der Waals surface area contributed by atoms with Crippen molar-refractivity contribution in [2.45, 2.75) is 44.7 Å². The summed E-state index contributed by atoms with van der Waals surface area (Å²) in [6.45, 7) is 1.68. The fraction of sp³-hybridized carbons (Fsp3) is 0.323. The fourth-order valence-electron chi connectivity index (χ4n) is 5.29. The number of imidazole rings is 1. The van der Waals surface area contributed by atoms with Gasteiger partial charge in [-0.2, -0.15) is 13.2 Å². The number of carboxylic acid groups (broad SMARTS) is 1. The average Bonchev–Trinajstić information content (AvgIpc) is 3.27. The van der Waals surface area contributed by atoms with Crippen molar-refractivity contribution in [2.24, 2.45) is 13.0 Å². The number of benzene rings is 3. The average molecular weight is 653 g/mol. The Bertz CT molecular complexity index is 1600. The zero-order chi connectivity index (χ0) is 32.6. The van der Waals surface area contributed by atoms with Crippen molar-refractivity contribution in [1.29, 1.82) is 0 Å². The van der Waals surface area contributed by atoms with Crippen LogP contribution in [0.2, 0.25) is 5.02 Å². The van der Waals surface area contributed by atoms with E-state index in [0.717, 1.165) is 58.5 Å². The van der Waals surface area contributed by atoms with E-state index < -0.39 is 17.6 Å². The number of rotatable bonds is 4. The third-order valence-electron chi connectivity index (χ3n) is 7.46. The van der Waals surface area contributed by atoms with Gasteiger partial charge in [0.05, 0.1) is 27.3 Å². The predicted octanol–water partition coefficient (Wildman–Crippen LogP) is 8.02. The first kappa shape index (κ1) is 34.9. The van der Waals surface area contributed by atoms with Crippen LogP contribution in [0.3, 0.4) is 0 Å². The van der Waals surface area contributed by atoms with E-state index in [4.69, 9.17) is 21.5 Å². The molecule has 1 aliphatic rings. The first-order valence-corrected chi connectivity index (χ1v) is 14.5. The second-order valence-corrected chi connectivity index (χ2v) is 11.1. The number of carbonyl (C=O) groups excluding carboxylic acids is 1. The number of carbonyl (C=O) groups is 2. The van der Waals surface area contributed by atoms with E-state index in [1.807, 2.05) is 42.8 Å². The molecule has 0 saturated heterocycles. The lowest BCUT2D eigenvalue weighted by Gasteiger charge is -2.29. The van der Waals surface area contributed by atoms with Crippen LogP contribution in [0.4, 0.5) is 23.2 Å². The number of anilines is 1. The highest BCUT2D eigenvalue weighted by molar-refractivity contribution is 7.78. The molecule has 44 heavy (non-hydrogen) atoms. The standard InChI is InChI=1S/C29H26ClF4N3O.CH5NS.CH2O2/c1-16-35-26-14-21(13-23(30)27(26)37(16)2)18-8-6-17(7-9-18)19-4-3-5-20(12-19)28(38)36-25-11-10-22(15-24(25)31)29(32,33)34;1-2-3;2-1-3/h6-11,13-15,19-20H,3-5,12H2,1-2H3,(H,36,38);2-3H,1H3;1H,(H,2,3). The Morgan fingerprint density at radius 1 is 1.11 bits per heavy atom. The summed E-state index contributed by atoms with van der Waals surface area (Å²) in [5, 5.41) is 10.0. The molecule has 1 fully saturated rings. The largest absolute Gasteiger partial charge is 0.483 e. The summed E-state index contributed by atoms with van der Waals surface area (Å²) in [4.78, 5) is 25.8. The van der Waals surface area contributed by atoms with Gasteiger partial charge in [-0.05, 0) is 86.2 Å². The summed E-state index contributed by atoms with van der Waals surface area (Å²) in [6, 6.07) is 14.3. The highest BCUT2D eigenvalue weighted by Gasteiger charge is 2.32. The molecule has 1 heterocycles. The van der Waals surface area contributed by atoms with E-state index >= 15 is 0 Å². The lowest BCUT2D eigenvalue weighted by molar-refractivity contribution is -0.137. The number of alkyl halides is 3. The fourth-order valence-corrected chi connectivity index (χ4v) is 5.63. The Morgan fingerprint density at radius 2 is 1.75 bits per heavy atom. The Balaban J connectivity index is 0.000000816. The topological polar surface area (TPSA) is 96.3 Å². The van der Waals surface area contributed by atoms with Gasteiger partial charge in [0.2, 0.25) is 5.91 Å². The lowest BCUT2D eigenvalue weighted by Crippen LogP contribution is -2.28. The number of halogens is 5. The molecular weight excluding hydrogens is 620 g/mol. The first-order chi connectivity index (χ1) is 20.8. The lowest BCUT2D eigenvalue weighted by atomic mass is 9.77. The summed E-state index contributed by atoms with van der Waals surface area (Å²) < 4.78 is 57.1. The normalized spacial score (nSPS) is 16.3. The molecule has 1 aliphatic carbocycles. The van der Waals surface area contributed by atoms with Gasteiger partial charge in [-0.1, -0.05) is 55.1 Å². The van der Waals surface area contributed by atoms with Crippen molar-refractivity contribution >= 4 is 53.5 Å². The van der Waals surface area contributed by atoms with Crippen molar-refractivity contribution in [3.63, 3.8) is 0 Å². The third-order valence-corrected chi connectivity index (χ3v) is 7.75. The summed E-state index contributed by atoms with van der Waals surface area (Å²) >= 11 is 10.1. The summed E-state index contributed by atoms with van der Waals surface area (Å²) in [7, 11) is 3.67. The number of thiol groups is 1. The van der Waals surface area contributed by atoms with Gasteiger partial charge in [0.1, 0.15) is 11.6 Å². The maximum atomic E-state index is 14.2. The number of nitrogens with one attached hydrogen (secondary N) is 2. The van der Waals surface area contributed by atoms with E-state index in [0.29, 0.717) is 23.9 Å². The summed E-state index contributed by atoms with van der Waals surface area (Å²) in [5.41, 5.74) is 3.47. The second-order valence-electron chi connectivity index (χ2n) is 10.2. The molecule has 1 saturated carbocycles. The Morgan fingerprint density at radius 3 is 2.34 bits per heavy atom. The molecule has 3 aromatic carbocycles. The van der Waals surface area contributed by atoms with Crippen LogP contribution in [-0.4, -0.2) is 34.1 Å². The van der Waals surface area contributed by atoms with Crippen LogP contribution in [-0.2, 0) is 22.8 Å².